The van der Waals surface area contributed by atoms with E-state index >= 15 is 0 Å². The lowest BCUT2D eigenvalue weighted by Crippen LogP contribution is -2.52. The molecule has 1 aromatic carbocycles. The Morgan fingerprint density at radius 2 is 2.10 bits per heavy atom. The van der Waals surface area contributed by atoms with E-state index in [1.165, 1.54) is 11.8 Å². The van der Waals surface area contributed by atoms with Crippen LogP contribution in [0, 0.1) is 0 Å². The molecule has 0 fully saturated rings. The van der Waals surface area contributed by atoms with Crippen LogP contribution in [0.5, 0.6) is 0 Å². The maximum absolute atomic E-state index is 12.3. The largest absolute Gasteiger partial charge is 0.353 e. The van der Waals surface area contributed by atoms with Crippen LogP contribution in [0.1, 0.15) is 6.92 Å². The number of thioether (sulfide) groups is 1. The normalized spacial score (nSPS) is 21.3. The lowest BCUT2D eigenvalue weighted by Gasteiger charge is -2.31. The molecule has 0 aromatic heterocycles. The van der Waals surface area contributed by atoms with Crippen LogP contribution in [0.25, 0.3) is 0 Å². The Morgan fingerprint density at radius 1 is 1.40 bits per heavy atom. The van der Waals surface area contributed by atoms with Gasteiger partial charge in [-0.1, -0.05) is 23.9 Å². The second-order valence-corrected chi connectivity index (χ2v) is 6.61. The van der Waals surface area contributed by atoms with Gasteiger partial charge in [0.2, 0.25) is 11.8 Å². The highest BCUT2D eigenvalue weighted by Crippen LogP contribution is 2.42. The van der Waals surface area contributed by atoms with E-state index < -0.39 is 4.75 Å². The molecule has 1 aliphatic rings. The summed E-state index contributed by atoms with van der Waals surface area (Å²) in [5.41, 5.74) is 0.765. The van der Waals surface area contributed by atoms with Gasteiger partial charge in [0.1, 0.15) is 0 Å². The zero-order chi connectivity index (χ0) is 14.8. The summed E-state index contributed by atoms with van der Waals surface area (Å²) >= 11 is 1.30. The predicted octanol–water partition coefficient (Wildman–Crippen LogP) is 1.17. The third kappa shape index (κ3) is 2.96. The van der Waals surface area contributed by atoms with Crippen LogP contribution in [-0.2, 0) is 9.59 Å². The monoisotopic (exact) mass is 293 g/mol. The van der Waals surface area contributed by atoms with Crippen LogP contribution >= 0.6 is 11.8 Å². The van der Waals surface area contributed by atoms with Gasteiger partial charge in [-0.25, -0.2) is 0 Å². The number of nitrogens with zero attached hydrogens (tertiary/aromatic N) is 1. The highest BCUT2D eigenvalue weighted by Gasteiger charge is 2.45. The average Bonchev–Trinajstić information content (AvgIpc) is 2.39. The molecule has 1 atom stereocenters. The van der Waals surface area contributed by atoms with Crippen molar-refractivity contribution >= 4 is 29.3 Å². The molecule has 0 saturated heterocycles. The predicted molar refractivity (Wildman–Crippen MR) is 80.9 cm³/mol. The highest BCUT2D eigenvalue weighted by molar-refractivity contribution is 8.02. The van der Waals surface area contributed by atoms with E-state index in [0.717, 1.165) is 17.1 Å². The first-order chi connectivity index (χ1) is 9.43. The number of carbonyl (C=O) groups is 2. The van der Waals surface area contributed by atoms with E-state index in [4.69, 9.17) is 0 Å². The van der Waals surface area contributed by atoms with Gasteiger partial charge >= 0.3 is 0 Å². The molecular weight excluding hydrogens is 274 g/mol. The number of para-hydroxylation sites is 1. The van der Waals surface area contributed by atoms with Crippen molar-refractivity contribution < 1.29 is 9.59 Å². The quantitative estimate of drug-likeness (QED) is 0.818. The Labute approximate surface area is 123 Å². The number of anilines is 1. The van der Waals surface area contributed by atoms with Crippen LogP contribution in [0.15, 0.2) is 29.2 Å². The number of carbonyl (C=O) groups excluding carboxylic acids is 2. The number of hydrogen-bond donors (Lipinski definition) is 2. The molecular formula is C14H19N3O2S. The van der Waals surface area contributed by atoms with Crippen LogP contribution in [0.3, 0.4) is 0 Å². The first-order valence-corrected chi connectivity index (χ1v) is 7.27. The van der Waals surface area contributed by atoms with E-state index in [0.29, 0.717) is 6.54 Å². The molecule has 6 heteroatoms. The average molecular weight is 293 g/mol. The SMILES string of the molecule is CN(C)CCNC(=O)C1(C)Sc2ccccc2NC1=O. The maximum atomic E-state index is 12.3. The summed E-state index contributed by atoms with van der Waals surface area (Å²) < 4.78 is -1.12. The highest BCUT2D eigenvalue weighted by atomic mass is 32.2. The Kier molecular flexibility index (Phi) is 4.35. The Balaban J connectivity index is 2.10. The van der Waals surface area contributed by atoms with Gasteiger partial charge in [-0.15, -0.1) is 0 Å². The van der Waals surface area contributed by atoms with Gasteiger partial charge in [0, 0.05) is 18.0 Å². The summed E-state index contributed by atoms with van der Waals surface area (Å²) in [5, 5.41) is 5.62. The van der Waals surface area contributed by atoms with Crippen LogP contribution in [-0.4, -0.2) is 48.6 Å². The van der Waals surface area contributed by atoms with Gasteiger partial charge in [0.15, 0.2) is 4.75 Å². The molecule has 20 heavy (non-hydrogen) atoms. The Hall–Kier alpha value is -1.53. The van der Waals surface area contributed by atoms with Crippen molar-refractivity contribution in [2.24, 2.45) is 0 Å². The maximum Gasteiger partial charge on any atom is 0.250 e. The molecule has 1 aromatic rings. The number of rotatable bonds is 4. The minimum atomic E-state index is -1.12. The summed E-state index contributed by atoms with van der Waals surface area (Å²) in [6.07, 6.45) is 0. The molecule has 0 bridgehead atoms. The molecule has 2 N–H and O–H groups in total. The van der Waals surface area contributed by atoms with Crippen LogP contribution in [0.4, 0.5) is 5.69 Å². The smallest absolute Gasteiger partial charge is 0.250 e. The number of hydrogen-bond acceptors (Lipinski definition) is 4. The lowest BCUT2D eigenvalue weighted by atomic mass is 10.1. The van der Waals surface area contributed by atoms with E-state index in [2.05, 4.69) is 10.6 Å². The zero-order valence-electron chi connectivity index (χ0n) is 11.9. The van der Waals surface area contributed by atoms with Gasteiger partial charge in [-0.3, -0.25) is 9.59 Å². The molecule has 0 radical (unpaired) electrons. The van der Waals surface area contributed by atoms with E-state index in [9.17, 15) is 9.59 Å². The van der Waals surface area contributed by atoms with Gasteiger partial charge in [0.05, 0.1) is 5.69 Å². The minimum Gasteiger partial charge on any atom is -0.353 e. The number of nitrogens with one attached hydrogen (secondary N) is 2. The first kappa shape index (κ1) is 14.9. The number of amides is 2. The first-order valence-electron chi connectivity index (χ1n) is 6.46. The third-order valence-electron chi connectivity index (χ3n) is 3.16. The van der Waals surface area contributed by atoms with Gasteiger partial charge < -0.3 is 15.5 Å². The fourth-order valence-electron chi connectivity index (χ4n) is 1.88. The molecule has 1 heterocycles. The standard InChI is InChI=1S/C14H19N3O2S/c1-14(12(18)15-8-9-17(2)3)13(19)16-10-6-4-5-7-11(10)20-14/h4-7H,8-9H2,1-3H3,(H,15,18)(H,16,19). The molecule has 2 rings (SSSR count). The second kappa shape index (κ2) is 5.85. The molecule has 2 amide bonds. The van der Waals surface area contributed by atoms with Crippen molar-refractivity contribution in [1.29, 1.82) is 0 Å². The van der Waals surface area contributed by atoms with E-state index in [1.54, 1.807) is 6.92 Å². The van der Waals surface area contributed by atoms with E-state index in [1.807, 2.05) is 43.3 Å². The molecule has 0 aliphatic carbocycles. The van der Waals surface area contributed by atoms with Crippen molar-refractivity contribution in [3.05, 3.63) is 24.3 Å². The summed E-state index contributed by atoms with van der Waals surface area (Å²) in [5.74, 6) is -0.528. The fraction of sp³-hybridized carbons (Fsp3) is 0.429. The number of fused-ring (bicyclic) bond motifs is 1. The Bertz CT molecular complexity index is 533. The molecule has 108 valence electrons. The second-order valence-electron chi connectivity index (χ2n) is 5.14. The zero-order valence-corrected chi connectivity index (χ0v) is 12.7. The van der Waals surface area contributed by atoms with Gasteiger partial charge in [0.25, 0.3) is 0 Å². The lowest BCUT2D eigenvalue weighted by molar-refractivity contribution is -0.129. The molecule has 1 unspecified atom stereocenters. The van der Waals surface area contributed by atoms with Crippen molar-refractivity contribution in [1.82, 2.24) is 10.2 Å². The Morgan fingerprint density at radius 3 is 2.80 bits per heavy atom. The molecule has 5 nitrogen and oxygen atoms in total. The molecule has 0 saturated carbocycles. The number of likely N-dealkylation sites (N-methyl/N-ethyl adjacent to an activating group) is 1. The van der Waals surface area contributed by atoms with Crippen molar-refractivity contribution in [3.63, 3.8) is 0 Å². The summed E-state index contributed by atoms with van der Waals surface area (Å²) in [6, 6.07) is 7.50. The minimum absolute atomic E-state index is 0.253. The van der Waals surface area contributed by atoms with Crippen molar-refractivity contribution in [2.45, 2.75) is 16.6 Å². The fourth-order valence-corrected chi connectivity index (χ4v) is 3.00. The van der Waals surface area contributed by atoms with Crippen LogP contribution < -0.4 is 10.6 Å². The molecule has 1 aliphatic heterocycles. The van der Waals surface area contributed by atoms with E-state index in [-0.39, 0.29) is 11.8 Å². The summed E-state index contributed by atoms with van der Waals surface area (Å²) in [4.78, 5) is 27.4. The van der Waals surface area contributed by atoms with Gasteiger partial charge in [-0.2, -0.15) is 0 Å². The summed E-state index contributed by atoms with van der Waals surface area (Å²) in [6.45, 7) is 2.93. The van der Waals surface area contributed by atoms with Crippen molar-refractivity contribution in [3.8, 4) is 0 Å². The summed E-state index contributed by atoms with van der Waals surface area (Å²) in [7, 11) is 3.87. The van der Waals surface area contributed by atoms with Crippen LogP contribution in [0.2, 0.25) is 0 Å². The third-order valence-corrected chi connectivity index (χ3v) is 4.52. The molecule has 0 spiro atoms. The number of benzene rings is 1. The van der Waals surface area contributed by atoms with Gasteiger partial charge in [-0.05, 0) is 33.2 Å². The van der Waals surface area contributed by atoms with Crippen molar-refractivity contribution in [2.75, 3.05) is 32.5 Å². The topological polar surface area (TPSA) is 61.4 Å².